The normalized spacial score (nSPS) is 13.4. The van der Waals surface area contributed by atoms with E-state index >= 15 is 0 Å². The van der Waals surface area contributed by atoms with Gasteiger partial charge in [-0.3, -0.25) is 4.79 Å². The van der Waals surface area contributed by atoms with Gasteiger partial charge in [0.2, 0.25) is 0 Å². The fourth-order valence-corrected chi connectivity index (χ4v) is 1.91. The molecule has 4 heteroatoms. The summed E-state index contributed by atoms with van der Waals surface area (Å²) >= 11 is 0. The number of aliphatic hydroxyl groups is 1. The van der Waals surface area contributed by atoms with Gasteiger partial charge in [-0.05, 0) is 24.6 Å². The minimum Gasteiger partial charge on any atom is -0.426 e. The molecule has 2 aromatic rings. The Morgan fingerprint density at radius 1 is 1.05 bits per heavy atom. The number of hydrogen-bond acceptors (Lipinski definition) is 4. The zero-order chi connectivity index (χ0) is 15.8. The Balaban J connectivity index is 1.76. The van der Waals surface area contributed by atoms with Crippen molar-refractivity contribution in [3.05, 3.63) is 66.2 Å². The fraction of sp³-hybridized carbons (Fsp3) is 0.278. The second-order valence-electron chi connectivity index (χ2n) is 5.06. The van der Waals surface area contributed by atoms with Gasteiger partial charge in [0.25, 0.3) is 0 Å². The highest BCUT2D eigenvalue weighted by molar-refractivity contribution is 5.72. The molecule has 4 nitrogen and oxygen atoms in total. The van der Waals surface area contributed by atoms with Gasteiger partial charge in [0, 0.05) is 0 Å². The van der Waals surface area contributed by atoms with Gasteiger partial charge in [0.05, 0.1) is 25.2 Å². The van der Waals surface area contributed by atoms with Gasteiger partial charge in [-0.25, -0.2) is 0 Å². The van der Waals surface area contributed by atoms with Crippen LogP contribution < -0.4 is 4.74 Å². The minimum atomic E-state index is -0.903. The summed E-state index contributed by atoms with van der Waals surface area (Å²) in [7, 11) is 0. The largest absolute Gasteiger partial charge is 0.426 e. The van der Waals surface area contributed by atoms with E-state index in [1.54, 1.807) is 31.2 Å². The molecule has 0 saturated carbocycles. The number of aliphatic hydroxyl groups excluding tert-OH is 1. The van der Waals surface area contributed by atoms with Crippen LogP contribution in [0.5, 0.6) is 5.75 Å². The molecule has 2 rings (SSSR count). The van der Waals surface area contributed by atoms with Crippen LogP contribution in [0.4, 0.5) is 0 Å². The zero-order valence-corrected chi connectivity index (χ0v) is 12.5. The van der Waals surface area contributed by atoms with Gasteiger partial charge in [-0.1, -0.05) is 48.5 Å². The molecule has 22 heavy (non-hydrogen) atoms. The van der Waals surface area contributed by atoms with E-state index in [9.17, 15) is 9.90 Å². The van der Waals surface area contributed by atoms with Gasteiger partial charge in [0.1, 0.15) is 5.75 Å². The van der Waals surface area contributed by atoms with Crippen LogP contribution in [0.2, 0.25) is 0 Å². The second-order valence-corrected chi connectivity index (χ2v) is 5.06. The lowest BCUT2D eigenvalue weighted by atomic mass is 10.1. The summed E-state index contributed by atoms with van der Waals surface area (Å²) in [5, 5.41) is 10.0. The topological polar surface area (TPSA) is 55.8 Å². The Bertz CT molecular complexity index is 568. The Kier molecular flexibility index (Phi) is 6.13. The molecule has 2 aromatic carbocycles. The maximum absolute atomic E-state index is 11.8. The molecule has 0 radical (unpaired) electrons. The van der Waals surface area contributed by atoms with Crippen molar-refractivity contribution in [2.24, 2.45) is 0 Å². The monoisotopic (exact) mass is 300 g/mol. The number of rotatable bonds is 7. The van der Waals surface area contributed by atoms with Crippen molar-refractivity contribution in [2.75, 3.05) is 0 Å². The SMILES string of the molecule is C[C@H](OCc1ccccc1)[C@@H](O)CC(=O)Oc1ccccc1. The van der Waals surface area contributed by atoms with Crippen LogP contribution in [0.15, 0.2) is 60.7 Å². The summed E-state index contributed by atoms with van der Waals surface area (Å²) in [5.41, 5.74) is 1.02. The second kappa shape index (κ2) is 8.32. The van der Waals surface area contributed by atoms with Crippen LogP contribution in [0.25, 0.3) is 0 Å². The molecule has 1 N–H and O–H groups in total. The number of hydrogen-bond donors (Lipinski definition) is 1. The lowest BCUT2D eigenvalue weighted by Crippen LogP contribution is -2.30. The maximum Gasteiger partial charge on any atom is 0.313 e. The maximum atomic E-state index is 11.8. The number of carbonyl (C=O) groups is 1. The summed E-state index contributed by atoms with van der Waals surface area (Å²) in [6.45, 7) is 2.14. The number of esters is 1. The molecule has 0 aliphatic heterocycles. The molecule has 0 unspecified atom stereocenters. The Morgan fingerprint density at radius 3 is 2.27 bits per heavy atom. The van der Waals surface area contributed by atoms with E-state index in [2.05, 4.69) is 0 Å². The van der Waals surface area contributed by atoms with E-state index in [4.69, 9.17) is 9.47 Å². The molecule has 0 heterocycles. The van der Waals surface area contributed by atoms with Crippen LogP contribution in [0, 0.1) is 0 Å². The molecule has 0 aromatic heterocycles. The van der Waals surface area contributed by atoms with Crippen molar-refractivity contribution in [3.8, 4) is 5.75 Å². The summed E-state index contributed by atoms with van der Waals surface area (Å²) in [4.78, 5) is 11.8. The Morgan fingerprint density at radius 2 is 1.64 bits per heavy atom. The lowest BCUT2D eigenvalue weighted by molar-refractivity contribution is -0.139. The van der Waals surface area contributed by atoms with Crippen molar-refractivity contribution in [1.82, 2.24) is 0 Å². The molecule has 0 fully saturated rings. The van der Waals surface area contributed by atoms with E-state index < -0.39 is 18.2 Å². The van der Waals surface area contributed by atoms with E-state index in [1.165, 1.54) is 0 Å². The first-order valence-electron chi connectivity index (χ1n) is 7.24. The predicted octanol–water partition coefficient (Wildman–Crippen LogP) is 2.95. The minimum absolute atomic E-state index is 0.106. The third kappa shape index (κ3) is 5.31. The van der Waals surface area contributed by atoms with Crippen molar-refractivity contribution in [3.63, 3.8) is 0 Å². The van der Waals surface area contributed by atoms with E-state index in [-0.39, 0.29) is 6.42 Å². The van der Waals surface area contributed by atoms with E-state index in [0.29, 0.717) is 12.4 Å². The highest BCUT2D eigenvalue weighted by Crippen LogP contribution is 2.12. The predicted molar refractivity (Wildman–Crippen MR) is 83.4 cm³/mol. The molecular formula is C18H20O4. The third-order valence-corrected chi connectivity index (χ3v) is 3.25. The quantitative estimate of drug-likeness (QED) is 0.631. The average Bonchev–Trinajstić information content (AvgIpc) is 2.54. The van der Waals surface area contributed by atoms with E-state index in [1.807, 2.05) is 36.4 Å². The summed E-state index contributed by atoms with van der Waals surface area (Å²) in [6, 6.07) is 18.5. The van der Waals surface area contributed by atoms with Gasteiger partial charge in [-0.2, -0.15) is 0 Å². The Labute approximate surface area is 130 Å². The molecule has 0 saturated heterocycles. The molecule has 116 valence electrons. The molecule has 0 aliphatic carbocycles. The first-order valence-corrected chi connectivity index (χ1v) is 7.24. The molecule has 0 amide bonds. The van der Waals surface area contributed by atoms with Crippen molar-refractivity contribution in [1.29, 1.82) is 0 Å². The lowest BCUT2D eigenvalue weighted by Gasteiger charge is -2.19. The molecule has 0 spiro atoms. The fourth-order valence-electron chi connectivity index (χ4n) is 1.91. The summed E-state index contributed by atoms with van der Waals surface area (Å²) in [5.74, 6) is -0.00795. The van der Waals surface area contributed by atoms with Crippen molar-refractivity contribution >= 4 is 5.97 Å². The van der Waals surface area contributed by atoms with Crippen molar-refractivity contribution in [2.45, 2.75) is 32.2 Å². The molecule has 0 aliphatic rings. The van der Waals surface area contributed by atoms with Crippen LogP contribution in [0.3, 0.4) is 0 Å². The van der Waals surface area contributed by atoms with Crippen LogP contribution in [-0.2, 0) is 16.1 Å². The van der Waals surface area contributed by atoms with E-state index in [0.717, 1.165) is 5.56 Å². The highest BCUT2D eigenvalue weighted by atomic mass is 16.5. The zero-order valence-electron chi connectivity index (χ0n) is 12.5. The van der Waals surface area contributed by atoms with Crippen LogP contribution in [-0.4, -0.2) is 23.3 Å². The van der Waals surface area contributed by atoms with Crippen LogP contribution >= 0.6 is 0 Å². The third-order valence-electron chi connectivity index (χ3n) is 3.25. The summed E-state index contributed by atoms with van der Waals surface area (Å²) < 4.78 is 10.7. The van der Waals surface area contributed by atoms with Crippen LogP contribution in [0.1, 0.15) is 18.9 Å². The average molecular weight is 300 g/mol. The highest BCUT2D eigenvalue weighted by Gasteiger charge is 2.20. The first-order chi connectivity index (χ1) is 10.6. The Hall–Kier alpha value is -2.17. The summed E-state index contributed by atoms with van der Waals surface area (Å²) in [6.07, 6.45) is -1.46. The molecule has 0 bridgehead atoms. The molecular weight excluding hydrogens is 280 g/mol. The number of carbonyl (C=O) groups excluding carboxylic acids is 1. The smallest absolute Gasteiger partial charge is 0.313 e. The van der Waals surface area contributed by atoms with Crippen molar-refractivity contribution < 1.29 is 19.4 Å². The van der Waals surface area contributed by atoms with Gasteiger partial charge < -0.3 is 14.6 Å². The van der Waals surface area contributed by atoms with Gasteiger partial charge in [-0.15, -0.1) is 0 Å². The first kappa shape index (κ1) is 16.2. The van der Waals surface area contributed by atoms with Gasteiger partial charge >= 0.3 is 5.97 Å². The number of benzene rings is 2. The number of ether oxygens (including phenoxy) is 2. The standard InChI is InChI=1S/C18H20O4/c1-14(21-13-15-8-4-2-5-9-15)17(19)12-18(20)22-16-10-6-3-7-11-16/h2-11,14,17,19H,12-13H2,1H3/t14-,17-/m0/s1. The number of para-hydroxylation sites is 1. The van der Waals surface area contributed by atoms with Gasteiger partial charge in [0.15, 0.2) is 0 Å². The molecule has 2 atom stereocenters.